The lowest BCUT2D eigenvalue weighted by Crippen LogP contribution is -1.44. The van der Waals surface area contributed by atoms with Crippen LogP contribution in [0.5, 0.6) is 0 Å². The standard InChI is InChI=1S/C3H4N2.Al.4ClH.3H/c1-2-5-3-4-1;;;;;;;;/h1-3H,(H,4,5);;4*1H;;;. The molecular formula is C3H11AlCl4N2. The van der Waals surface area contributed by atoms with Gasteiger partial charge in [0, 0.05) is 12.4 Å². The van der Waals surface area contributed by atoms with Gasteiger partial charge in [0.2, 0.25) is 0 Å². The van der Waals surface area contributed by atoms with Gasteiger partial charge in [0.1, 0.15) is 0 Å². The second kappa shape index (κ2) is 22.5. The summed E-state index contributed by atoms with van der Waals surface area (Å²) in [5, 5.41) is 0. The van der Waals surface area contributed by atoms with E-state index in [2.05, 4.69) is 9.97 Å². The Bertz CT molecular complexity index is 75.0. The van der Waals surface area contributed by atoms with Crippen LogP contribution < -0.4 is 0 Å². The van der Waals surface area contributed by atoms with Gasteiger partial charge in [-0.25, -0.2) is 4.98 Å². The van der Waals surface area contributed by atoms with E-state index in [1.165, 1.54) is 0 Å². The van der Waals surface area contributed by atoms with E-state index in [1.54, 1.807) is 18.7 Å². The maximum absolute atomic E-state index is 3.67. The van der Waals surface area contributed by atoms with Gasteiger partial charge in [-0.2, -0.15) is 0 Å². The fourth-order valence-electron chi connectivity index (χ4n) is 0.215. The normalized spacial score (nSPS) is 4.00. The molecule has 1 heterocycles. The molecule has 1 aromatic rings. The average Bonchev–Trinajstić information content (AvgIpc) is 1.76. The van der Waals surface area contributed by atoms with Crippen molar-refractivity contribution in [3.05, 3.63) is 18.7 Å². The van der Waals surface area contributed by atoms with Crippen molar-refractivity contribution in [2.45, 2.75) is 0 Å². The number of hydrogen-bond acceptors (Lipinski definition) is 1. The molecule has 0 bridgehead atoms. The fraction of sp³-hybridized carbons (Fsp3) is 0. The van der Waals surface area contributed by atoms with Crippen molar-refractivity contribution in [1.82, 2.24) is 9.97 Å². The molecule has 10 heavy (non-hydrogen) atoms. The minimum Gasteiger partial charge on any atom is -0.351 e. The molecule has 0 radical (unpaired) electrons. The van der Waals surface area contributed by atoms with E-state index in [0.29, 0.717) is 0 Å². The predicted octanol–water partition coefficient (Wildman–Crippen LogP) is 0.913. The number of nitrogens with zero attached hydrogens (tertiary/aromatic N) is 1. The Morgan fingerprint density at radius 3 is 1.60 bits per heavy atom. The second-order valence-corrected chi connectivity index (χ2v) is 0.761. The zero-order valence-electron chi connectivity index (χ0n) is 4.31. The van der Waals surface area contributed by atoms with E-state index in [0.717, 1.165) is 0 Å². The lowest BCUT2D eigenvalue weighted by Gasteiger charge is -1.46. The zero-order chi connectivity index (χ0) is 3.54. The van der Waals surface area contributed by atoms with Crippen LogP contribution in [0.4, 0.5) is 0 Å². The monoisotopic (exact) mass is 242 g/mol. The summed E-state index contributed by atoms with van der Waals surface area (Å²) in [7, 11) is 0. The Morgan fingerprint density at radius 1 is 1.00 bits per heavy atom. The van der Waals surface area contributed by atoms with Crippen molar-refractivity contribution in [2.75, 3.05) is 0 Å². The molecule has 0 fully saturated rings. The SMILES string of the molecule is Cl.Cl.Cl.Cl.[AlH3].c1c[nH]cn1. The van der Waals surface area contributed by atoms with Crippen LogP contribution in [0.25, 0.3) is 0 Å². The minimum atomic E-state index is 0. The van der Waals surface area contributed by atoms with Gasteiger partial charge in [0.15, 0.2) is 17.4 Å². The summed E-state index contributed by atoms with van der Waals surface area (Å²) in [6, 6.07) is 0. The first-order chi connectivity index (χ1) is 2.50. The van der Waals surface area contributed by atoms with E-state index < -0.39 is 0 Å². The quantitative estimate of drug-likeness (QED) is 0.675. The molecule has 7 heteroatoms. The van der Waals surface area contributed by atoms with Gasteiger partial charge in [-0.05, 0) is 0 Å². The lowest BCUT2D eigenvalue weighted by molar-refractivity contribution is 1.31. The first kappa shape index (κ1) is 30.7. The van der Waals surface area contributed by atoms with E-state index in [9.17, 15) is 0 Å². The van der Waals surface area contributed by atoms with Gasteiger partial charge in [0.05, 0.1) is 6.33 Å². The van der Waals surface area contributed by atoms with Crippen LogP contribution >= 0.6 is 49.6 Å². The number of nitrogens with one attached hydrogen (secondary N) is 1. The van der Waals surface area contributed by atoms with Gasteiger partial charge in [-0.15, -0.1) is 49.6 Å². The number of aromatic nitrogens is 2. The molecule has 0 spiro atoms. The molecule has 2 nitrogen and oxygen atoms in total. The summed E-state index contributed by atoms with van der Waals surface area (Å²) in [6.45, 7) is 0. The summed E-state index contributed by atoms with van der Waals surface area (Å²) in [5.74, 6) is 0. The Hall–Kier alpha value is 0.902. The second-order valence-electron chi connectivity index (χ2n) is 0.761. The Balaban J connectivity index is -0.0000000167. The van der Waals surface area contributed by atoms with E-state index >= 15 is 0 Å². The van der Waals surface area contributed by atoms with Crippen LogP contribution in [-0.4, -0.2) is 27.3 Å². The predicted molar refractivity (Wildman–Crippen MR) is 57.5 cm³/mol. The minimum absolute atomic E-state index is 0. The smallest absolute Gasteiger partial charge is 0.187 e. The van der Waals surface area contributed by atoms with Crippen LogP contribution in [0, 0.1) is 0 Å². The highest BCUT2D eigenvalue weighted by atomic mass is 35.5. The Labute approximate surface area is 95.3 Å². The third kappa shape index (κ3) is 16.0. The van der Waals surface area contributed by atoms with Crippen molar-refractivity contribution in [2.24, 2.45) is 0 Å². The Kier molecular flexibility index (Phi) is 69.1. The molecular weight excluding hydrogens is 233 g/mol. The molecule has 0 unspecified atom stereocenters. The molecule has 0 atom stereocenters. The van der Waals surface area contributed by atoms with Crippen LogP contribution in [0.15, 0.2) is 18.7 Å². The van der Waals surface area contributed by atoms with E-state index in [1.807, 2.05) is 0 Å². The van der Waals surface area contributed by atoms with Gasteiger partial charge in [-0.3, -0.25) is 0 Å². The number of H-pyrrole nitrogens is 1. The molecule has 0 aliphatic rings. The maximum atomic E-state index is 3.67. The van der Waals surface area contributed by atoms with Crippen LogP contribution in [0.2, 0.25) is 0 Å². The first-order valence-electron chi connectivity index (χ1n) is 1.43. The zero-order valence-corrected chi connectivity index (χ0v) is 7.58. The van der Waals surface area contributed by atoms with Crippen LogP contribution in [0.1, 0.15) is 0 Å². The molecule has 0 amide bonds. The molecule has 1 N–H and O–H groups in total. The van der Waals surface area contributed by atoms with Crippen LogP contribution in [-0.2, 0) is 0 Å². The first-order valence-corrected chi connectivity index (χ1v) is 1.43. The van der Waals surface area contributed by atoms with E-state index in [4.69, 9.17) is 0 Å². The molecule has 1 aromatic heterocycles. The number of hydrogen-bond donors (Lipinski definition) is 1. The van der Waals surface area contributed by atoms with Gasteiger partial charge >= 0.3 is 0 Å². The number of imidazole rings is 1. The number of rotatable bonds is 0. The topological polar surface area (TPSA) is 28.7 Å². The highest BCUT2D eigenvalue weighted by Crippen LogP contribution is 1.62. The largest absolute Gasteiger partial charge is 0.351 e. The highest BCUT2D eigenvalue weighted by Gasteiger charge is 1.56. The summed E-state index contributed by atoms with van der Waals surface area (Å²) in [5.41, 5.74) is 0. The Morgan fingerprint density at radius 2 is 1.50 bits per heavy atom. The summed E-state index contributed by atoms with van der Waals surface area (Å²) >= 11 is 0. The lowest BCUT2D eigenvalue weighted by atomic mass is 11.0. The molecule has 0 aliphatic carbocycles. The van der Waals surface area contributed by atoms with Crippen LogP contribution in [0.3, 0.4) is 0 Å². The number of aromatic amines is 1. The summed E-state index contributed by atoms with van der Waals surface area (Å²) in [4.78, 5) is 6.42. The molecule has 0 saturated heterocycles. The molecule has 0 aliphatic heterocycles. The molecule has 1 rings (SSSR count). The molecule has 0 aromatic carbocycles. The van der Waals surface area contributed by atoms with E-state index in [-0.39, 0.29) is 67.0 Å². The van der Waals surface area contributed by atoms with Crippen molar-refractivity contribution < 1.29 is 0 Å². The van der Waals surface area contributed by atoms with Gasteiger partial charge in [0.25, 0.3) is 0 Å². The third-order valence-electron chi connectivity index (χ3n) is 0.406. The maximum Gasteiger partial charge on any atom is 0.187 e. The average molecular weight is 244 g/mol. The van der Waals surface area contributed by atoms with Crippen molar-refractivity contribution in [3.63, 3.8) is 0 Å². The molecule has 64 valence electrons. The van der Waals surface area contributed by atoms with Gasteiger partial charge < -0.3 is 4.98 Å². The molecule has 0 saturated carbocycles. The number of halogens is 4. The highest BCUT2D eigenvalue weighted by molar-refractivity contribution is 5.86. The fourth-order valence-corrected chi connectivity index (χ4v) is 0.215. The summed E-state index contributed by atoms with van der Waals surface area (Å²) < 4.78 is 0. The van der Waals surface area contributed by atoms with Gasteiger partial charge in [-0.1, -0.05) is 0 Å². The third-order valence-corrected chi connectivity index (χ3v) is 0.406. The summed E-state index contributed by atoms with van der Waals surface area (Å²) in [6.07, 6.45) is 5.08. The van der Waals surface area contributed by atoms with Crippen molar-refractivity contribution in [3.8, 4) is 0 Å². The van der Waals surface area contributed by atoms with Crippen molar-refractivity contribution in [1.29, 1.82) is 0 Å². The van der Waals surface area contributed by atoms with Crippen molar-refractivity contribution >= 4 is 67.0 Å².